The molecule has 1 aliphatic carbocycles. The van der Waals surface area contributed by atoms with E-state index in [1.807, 2.05) is 18.2 Å². The van der Waals surface area contributed by atoms with Gasteiger partial charge in [-0.1, -0.05) is 35.9 Å². The molecule has 0 radical (unpaired) electrons. The molecule has 1 saturated carbocycles. The van der Waals surface area contributed by atoms with Crippen LogP contribution in [0.3, 0.4) is 0 Å². The predicted octanol–water partition coefficient (Wildman–Crippen LogP) is 4.05. The monoisotopic (exact) mass is 315 g/mol. The van der Waals surface area contributed by atoms with Gasteiger partial charge in [-0.05, 0) is 36.6 Å². The number of carbonyl (C=O) groups is 2. The van der Waals surface area contributed by atoms with Crippen molar-refractivity contribution in [3.63, 3.8) is 0 Å². The highest BCUT2D eigenvalue weighted by molar-refractivity contribution is 6.33. The molecule has 0 heterocycles. The van der Waals surface area contributed by atoms with Gasteiger partial charge in [-0.3, -0.25) is 4.79 Å². The summed E-state index contributed by atoms with van der Waals surface area (Å²) < 4.78 is 0. The largest absolute Gasteiger partial charge is 0.478 e. The standard InChI is InChI=1S/C17H14ClNO3/c18-14-4-2-1-3-12(14)11-7-8-13(17(21)22)15(9-11)19-16(20)10-5-6-10/h1-4,7-10H,5-6H2,(H,19,20)(H,21,22). The van der Waals surface area contributed by atoms with Crippen LogP contribution in [0.4, 0.5) is 5.69 Å². The Labute approximate surface area is 132 Å². The predicted molar refractivity (Wildman–Crippen MR) is 85.2 cm³/mol. The number of aromatic carboxylic acids is 1. The van der Waals surface area contributed by atoms with Gasteiger partial charge in [0.05, 0.1) is 11.3 Å². The highest BCUT2D eigenvalue weighted by Crippen LogP contribution is 2.33. The van der Waals surface area contributed by atoms with E-state index >= 15 is 0 Å². The summed E-state index contributed by atoms with van der Waals surface area (Å²) in [5.41, 5.74) is 1.94. The van der Waals surface area contributed by atoms with Gasteiger partial charge in [0.1, 0.15) is 0 Å². The summed E-state index contributed by atoms with van der Waals surface area (Å²) in [6.07, 6.45) is 1.72. The van der Waals surface area contributed by atoms with Crippen molar-refractivity contribution in [3.05, 3.63) is 53.1 Å². The van der Waals surface area contributed by atoms with Crippen LogP contribution in [0.5, 0.6) is 0 Å². The molecule has 0 atom stereocenters. The average Bonchev–Trinajstić information content (AvgIpc) is 3.32. The van der Waals surface area contributed by atoms with Gasteiger partial charge in [-0.15, -0.1) is 0 Å². The zero-order chi connectivity index (χ0) is 15.7. The Morgan fingerprint density at radius 3 is 2.50 bits per heavy atom. The van der Waals surface area contributed by atoms with Gasteiger partial charge in [0.15, 0.2) is 0 Å². The van der Waals surface area contributed by atoms with Crippen molar-refractivity contribution in [2.75, 3.05) is 5.32 Å². The molecule has 0 saturated heterocycles. The molecule has 1 aliphatic rings. The third-order valence-corrected chi connectivity index (χ3v) is 3.97. The van der Waals surface area contributed by atoms with Crippen LogP contribution in [0.15, 0.2) is 42.5 Å². The summed E-state index contributed by atoms with van der Waals surface area (Å²) in [5, 5.41) is 12.6. The Morgan fingerprint density at radius 2 is 1.86 bits per heavy atom. The first kappa shape index (κ1) is 14.6. The Bertz CT molecular complexity index is 753. The molecule has 5 heteroatoms. The molecule has 0 spiro atoms. The maximum absolute atomic E-state index is 11.9. The van der Waals surface area contributed by atoms with E-state index in [1.165, 1.54) is 6.07 Å². The first-order valence-electron chi connectivity index (χ1n) is 6.99. The fraction of sp³-hybridized carbons (Fsp3) is 0.176. The first-order valence-corrected chi connectivity index (χ1v) is 7.37. The van der Waals surface area contributed by atoms with Crippen LogP contribution in [0, 0.1) is 5.92 Å². The lowest BCUT2D eigenvalue weighted by atomic mass is 10.0. The number of carboxylic acids is 1. The lowest BCUT2D eigenvalue weighted by Crippen LogP contribution is -2.16. The summed E-state index contributed by atoms with van der Waals surface area (Å²) in [6.45, 7) is 0. The highest BCUT2D eigenvalue weighted by Gasteiger charge is 2.30. The zero-order valence-corrected chi connectivity index (χ0v) is 12.4. The molecule has 1 amide bonds. The molecule has 0 unspecified atom stereocenters. The van der Waals surface area contributed by atoms with E-state index < -0.39 is 5.97 Å². The van der Waals surface area contributed by atoms with E-state index in [2.05, 4.69) is 5.32 Å². The fourth-order valence-corrected chi connectivity index (χ4v) is 2.52. The third-order valence-electron chi connectivity index (χ3n) is 3.64. The van der Waals surface area contributed by atoms with Crippen LogP contribution in [0.25, 0.3) is 11.1 Å². The molecule has 3 rings (SSSR count). The van der Waals surface area contributed by atoms with E-state index in [0.29, 0.717) is 10.7 Å². The molecule has 1 fully saturated rings. The SMILES string of the molecule is O=C(O)c1ccc(-c2ccccc2Cl)cc1NC(=O)C1CC1. The normalized spacial score (nSPS) is 13.7. The molecule has 0 aromatic heterocycles. The Kier molecular flexibility index (Phi) is 3.86. The average molecular weight is 316 g/mol. The van der Waals surface area contributed by atoms with Crippen LogP contribution in [0.2, 0.25) is 5.02 Å². The number of hydrogen-bond donors (Lipinski definition) is 2. The van der Waals surface area contributed by atoms with E-state index in [9.17, 15) is 14.7 Å². The summed E-state index contributed by atoms with van der Waals surface area (Å²) in [6, 6.07) is 12.1. The van der Waals surface area contributed by atoms with E-state index in [4.69, 9.17) is 11.6 Å². The van der Waals surface area contributed by atoms with Crippen molar-refractivity contribution in [2.45, 2.75) is 12.8 Å². The first-order chi connectivity index (χ1) is 10.6. The number of carboxylic acid groups (broad SMARTS) is 1. The van der Waals surface area contributed by atoms with Crippen LogP contribution in [-0.2, 0) is 4.79 Å². The molecule has 0 bridgehead atoms. The number of nitrogens with one attached hydrogen (secondary N) is 1. The second-order valence-electron chi connectivity index (χ2n) is 5.31. The minimum Gasteiger partial charge on any atom is -0.478 e. The topological polar surface area (TPSA) is 66.4 Å². The van der Waals surface area contributed by atoms with Gasteiger partial charge in [0.25, 0.3) is 0 Å². The van der Waals surface area contributed by atoms with Gasteiger partial charge in [-0.25, -0.2) is 4.79 Å². The van der Waals surface area contributed by atoms with E-state index in [1.54, 1.807) is 18.2 Å². The number of rotatable bonds is 4. The molecule has 2 aromatic carbocycles. The van der Waals surface area contributed by atoms with Gasteiger partial charge in [0, 0.05) is 16.5 Å². The van der Waals surface area contributed by atoms with Crippen molar-refractivity contribution in [3.8, 4) is 11.1 Å². The zero-order valence-electron chi connectivity index (χ0n) is 11.7. The molecule has 2 aromatic rings. The number of hydrogen-bond acceptors (Lipinski definition) is 2. The van der Waals surface area contributed by atoms with E-state index in [0.717, 1.165) is 24.0 Å². The van der Waals surface area contributed by atoms with Crippen LogP contribution in [0.1, 0.15) is 23.2 Å². The molecular weight excluding hydrogens is 302 g/mol. The van der Waals surface area contributed by atoms with Gasteiger partial charge < -0.3 is 10.4 Å². The van der Waals surface area contributed by atoms with Crippen LogP contribution >= 0.6 is 11.6 Å². The molecular formula is C17H14ClNO3. The minimum atomic E-state index is -1.07. The lowest BCUT2D eigenvalue weighted by molar-refractivity contribution is -0.117. The van der Waals surface area contributed by atoms with E-state index in [-0.39, 0.29) is 17.4 Å². The Morgan fingerprint density at radius 1 is 1.14 bits per heavy atom. The smallest absolute Gasteiger partial charge is 0.337 e. The summed E-state index contributed by atoms with van der Waals surface area (Å²) >= 11 is 6.18. The van der Waals surface area contributed by atoms with Crippen molar-refractivity contribution < 1.29 is 14.7 Å². The maximum Gasteiger partial charge on any atom is 0.337 e. The Balaban J connectivity index is 2.01. The second kappa shape index (κ2) is 5.81. The number of carbonyl (C=O) groups excluding carboxylic acids is 1. The molecule has 0 aliphatic heterocycles. The van der Waals surface area contributed by atoms with Crippen molar-refractivity contribution in [2.24, 2.45) is 5.92 Å². The number of halogens is 1. The molecule has 4 nitrogen and oxygen atoms in total. The maximum atomic E-state index is 11.9. The number of benzene rings is 2. The number of amides is 1. The molecule has 22 heavy (non-hydrogen) atoms. The molecule has 2 N–H and O–H groups in total. The van der Waals surface area contributed by atoms with Gasteiger partial charge in [-0.2, -0.15) is 0 Å². The van der Waals surface area contributed by atoms with Gasteiger partial charge in [0.2, 0.25) is 5.91 Å². The number of anilines is 1. The Hall–Kier alpha value is -2.33. The van der Waals surface area contributed by atoms with Gasteiger partial charge >= 0.3 is 5.97 Å². The summed E-state index contributed by atoms with van der Waals surface area (Å²) in [5.74, 6) is -1.19. The van der Waals surface area contributed by atoms with Crippen molar-refractivity contribution >= 4 is 29.2 Å². The van der Waals surface area contributed by atoms with Crippen molar-refractivity contribution in [1.82, 2.24) is 0 Å². The van der Waals surface area contributed by atoms with Crippen LogP contribution < -0.4 is 5.32 Å². The summed E-state index contributed by atoms with van der Waals surface area (Å²) in [7, 11) is 0. The quantitative estimate of drug-likeness (QED) is 0.894. The third kappa shape index (κ3) is 2.97. The summed E-state index contributed by atoms with van der Waals surface area (Å²) in [4.78, 5) is 23.3. The second-order valence-corrected chi connectivity index (χ2v) is 5.72. The minimum absolute atomic E-state index is 0.00520. The molecule has 112 valence electrons. The highest BCUT2D eigenvalue weighted by atomic mass is 35.5. The van der Waals surface area contributed by atoms with Crippen molar-refractivity contribution in [1.29, 1.82) is 0 Å². The fourth-order valence-electron chi connectivity index (χ4n) is 2.28. The van der Waals surface area contributed by atoms with Crippen LogP contribution in [-0.4, -0.2) is 17.0 Å². The lowest BCUT2D eigenvalue weighted by Gasteiger charge is -2.11.